The zero-order chi connectivity index (χ0) is 24.5. The molecular weight excluding hydrogens is 436 g/mol. The summed E-state index contributed by atoms with van der Waals surface area (Å²) in [6.45, 7) is 10.2. The first-order valence-corrected chi connectivity index (χ1v) is 12.3. The first-order chi connectivity index (χ1) is 16.9. The molecule has 0 spiro atoms. The second-order valence-electron chi connectivity index (χ2n) is 9.59. The smallest absolute Gasteiger partial charge is 0.225 e. The van der Waals surface area contributed by atoms with Gasteiger partial charge in [0.15, 0.2) is 5.82 Å². The van der Waals surface area contributed by atoms with Crippen molar-refractivity contribution in [1.82, 2.24) is 25.3 Å². The van der Waals surface area contributed by atoms with Gasteiger partial charge in [0.2, 0.25) is 5.91 Å². The van der Waals surface area contributed by atoms with Gasteiger partial charge in [0.1, 0.15) is 5.52 Å². The molecule has 1 aliphatic heterocycles. The molecule has 1 atom stereocenters. The van der Waals surface area contributed by atoms with Crippen molar-refractivity contribution in [2.75, 3.05) is 18.0 Å². The highest BCUT2D eigenvalue weighted by atomic mass is 16.1. The Kier molecular flexibility index (Phi) is 6.24. The van der Waals surface area contributed by atoms with Gasteiger partial charge in [-0.3, -0.25) is 4.79 Å². The number of aryl methyl sites for hydroxylation is 4. The average molecular weight is 469 g/mol. The van der Waals surface area contributed by atoms with Crippen LogP contribution in [0.5, 0.6) is 0 Å². The van der Waals surface area contributed by atoms with Gasteiger partial charge >= 0.3 is 0 Å². The predicted molar refractivity (Wildman–Crippen MR) is 139 cm³/mol. The van der Waals surface area contributed by atoms with Gasteiger partial charge in [-0.1, -0.05) is 42.0 Å². The highest BCUT2D eigenvalue weighted by molar-refractivity contribution is 5.92. The number of benzene rings is 2. The minimum Gasteiger partial charge on any atom is -0.352 e. The summed E-state index contributed by atoms with van der Waals surface area (Å²) in [5, 5.41) is 18.2. The second-order valence-corrected chi connectivity index (χ2v) is 9.59. The maximum Gasteiger partial charge on any atom is 0.225 e. The Morgan fingerprint density at radius 3 is 2.57 bits per heavy atom. The molecule has 1 fully saturated rings. The van der Waals surface area contributed by atoms with Gasteiger partial charge in [0, 0.05) is 19.6 Å². The Balaban J connectivity index is 1.40. The zero-order valence-electron chi connectivity index (χ0n) is 20.9. The fraction of sp³-hybridized carbons (Fsp3) is 0.357. The number of fused-ring (bicyclic) bond motifs is 1. The molecule has 35 heavy (non-hydrogen) atoms. The molecule has 2 aromatic carbocycles. The number of nitrogens with one attached hydrogen (secondary N) is 1. The quantitative estimate of drug-likeness (QED) is 0.464. The van der Waals surface area contributed by atoms with Gasteiger partial charge in [-0.25, -0.2) is 4.68 Å². The molecule has 4 aromatic rings. The number of anilines is 1. The van der Waals surface area contributed by atoms with Crippen LogP contribution in [0.4, 0.5) is 5.82 Å². The van der Waals surface area contributed by atoms with E-state index in [4.69, 9.17) is 5.10 Å². The number of hydrogen-bond acceptors (Lipinski definition) is 5. The van der Waals surface area contributed by atoms with Gasteiger partial charge in [0.05, 0.1) is 28.4 Å². The predicted octanol–water partition coefficient (Wildman–Crippen LogP) is 4.58. The average Bonchev–Trinajstić information content (AvgIpc) is 3.22. The topological polar surface area (TPSA) is 75.9 Å². The highest BCUT2D eigenvalue weighted by Crippen LogP contribution is 2.31. The molecule has 7 nitrogen and oxygen atoms in total. The molecule has 0 saturated carbocycles. The van der Waals surface area contributed by atoms with E-state index in [1.807, 2.05) is 23.7 Å². The number of carbonyl (C=O) groups is 1. The van der Waals surface area contributed by atoms with Crippen LogP contribution in [0.15, 0.2) is 48.5 Å². The van der Waals surface area contributed by atoms with E-state index in [0.717, 1.165) is 58.7 Å². The van der Waals surface area contributed by atoms with Crippen molar-refractivity contribution in [3.63, 3.8) is 0 Å². The molecule has 1 N–H and O–H groups in total. The Hall–Kier alpha value is -3.74. The SMILES string of the molecule is Cc1ccc(-n2nc3c(N4CCC[C@@H](C(=O)NCc5ccccc5C)C4)nnc(C)c3c2C)cc1. The fourth-order valence-electron chi connectivity index (χ4n) is 4.98. The maximum absolute atomic E-state index is 13.1. The molecule has 5 rings (SSSR count). The van der Waals surface area contributed by atoms with Crippen LogP contribution >= 0.6 is 0 Å². The van der Waals surface area contributed by atoms with E-state index in [1.165, 1.54) is 11.1 Å². The van der Waals surface area contributed by atoms with Crippen LogP contribution in [0.3, 0.4) is 0 Å². The Labute approximate surface area is 206 Å². The summed E-state index contributed by atoms with van der Waals surface area (Å²) in [6.07, 6.45) is 1.80. The fourth-order valence-corrected chi connectivity index (χ4v) is 4.98. The summed E-state index contributed by atoms with van der Waals surface area (Å²) < 4.78 is 1.97. The van der Waals surface area contributed by atoms with Crippen molar-refractivity contribution in [3.8, 4) is 5.69 Å². The lowest BCUT2D eigenvalue weighted by molar-refractivity contribution is -0.125. The van der Waals surface area contributed by atoms with E-state index in [-0.39, 0.29) is 11.8 Å². The molecule has 0 bridgehead atoms. The van der Waals surface area contributed by atoms with E-state index < -0.39 is 0 Å². The molecule has 3 heterocycles. The monoisotopic (exact) mass is 468 g/mol. The molecule has 1 amide bonds. The molecule has 0 unspecified atom stereocenters. The minimum absolute atomic E-state index is 0.0915. The highest BCUT2D eigenvalue weighted by Gasteiger charge is 2.29. The van der Waals surface area contributed by atoms with Gasteiger partial charge in [0.25, 0.3) is 0 Å². The maximum atomic E-state index is 13.1. The van der Waals surface area contributed by atoms with Crippen molar-refractivity contribution in [3.05, 3.63) is 76.6 Å². The first-order valence-electron chi connectivity index (χ1n) is 12.3. The van der Waals surface area contributed by atoms with E-state index in [2.05, 4.69) is 77.6 Å². The van der Waals surface area contributed by atoms with Crippen LogP contribution in [0.2, 0.25) is 0 Å². The number of hydrogen-bond donors (Lipinski definition) is 1. The summed E-state index contributed by atoms with van der Waals surface area (Å²) in [6, 6.07) is 16.5. The summed E-state index contributed by atoms with van der Waals surface area (Å²) in [4.78, 5) is 15.2. The lowest BCUT2D eigenvalue weighted by Crippen LogP contribution is -2.43. The number of rotatable bonds is 5. The van der Waals surface area contributed by atoms with Crippen LogP contribution in [0.1, 0.15) is 40.9 Å². The molecular formula is C28H32N6O. The molecule has 0 aliphatic carbocycles. The van der Waals surface area contributed by atoms with Gasteiger partial charge in [-0.15, -0.1) is 5.10 Å². The molecule has 2 aromatic heterocycles. The van der Waals surface area contributed by atoms with Crippen LogP contribution in [0, 0.1) is 33.6 Å². The molecule has 180 valence electrons. The zero-order valence-corrected chi connectivity index (χ0v) is 20.9. The lowest BCUT2D eigenvalue weighted by Gasteiger charge is -2.32. The summed E-state index contributed by atoms with van der Waals surface area (Å²) in [5.41, 5.74) is 7.32. The van der Waals surface area contributed by atoms with Crippen molar-refractivity contribution in [2.45, 2.75) is 47.1 Å². The van der Waals surface area contributed by atoms with Crippen molar-refractivity contribution in [1.29, 1.82) is 0 Å². The number of aromatic nitrogens is 4. The van der Waals surface area contributed by atoms with E-state index in [0.29, 0.717) is 13.1 Å². The number of carbonyl (C=O) groups excluding carboxylic acids is 1. The third kappa shape index (κ3) is 4.50. The van der Waals surface area contributed by atoms with Crippen molar-refractivity contribution in [2.24, 2.45) is 5.92 Å². The summed E-state index contributed by atoms with van der Waals surface area (Å²) >= 11 is 0. The third-order valence-electron chi connectivity index (χ3n) is 7.07. The third-order valence-corrected chi connectivity index (χ3v) is 7.07. The van der Waals surface area contributed by atoms with E-state index in [1.54, 1.807) is 0 Å². The Morgan fingerprint density at radius 1 is 1.03 bits per heavy atom. The van der Waals surface area contributed by atoms with Crippen LogP contribution in [-0.4, -0.2) is 39.0 Å². The molecule has 1 saturated heterocycles. The van der Waals surface area contributed by atoms with Crippen LogP contribution in [0.25, 0.3) is 16.6 Å². The van der Waals surface area contributed by atoms with E-state index in [9.17, 15) is 4.79 Å². The number of nitrogens with zero attached hydrogens (tertiary/aromatic N) is 5. The number of amides is 1. The van der Waals surface area contributed by atoms with Crippen LogP contribution in [-0.2, 0) is 11.3 Å². The largest absolute Gasteiger partial charge is 0.352 e. The standard InChI is InChI=1S/C28H32N6O/c1-18-11-13-24(14-12-18)34-21(4)25-20(3)30-31-27(26(25)32-34)33-15-7-10-23(17-33)28(35)29-16-22-9-6-5-8-19(22)2/h5-6,8-9,11-14,23H,7,10,15-17H2,1-4H3,(H,29,35)/t23-/m1/s1. The molecule has 0 radical (unpaired) electrons. The minimum atomic E-state index is -0.0915. The second kappa shape index (κ2) is 9.49. The summed E-state index contributed by atoms with van der Waals surface area (Å²) in [7, 11) is 0. The Morgan fingerprint density at radius 2 is 1.80 bits per heavy atom. The van der Waals surface area contributed by atoms with Gasteiger partial charge in [-0.05, 0) is 63.8 Å². The lowest BCUT2D eigenvalue weighted by atomic mass is 9.96. The normalized spacial score (nSPS) is 16.0. The van der Waals surface area contributed by atoms with Crippen molar-refractivity contribution >= 4 is 22.6 Å². The van der Waals surface area contributed by atoms with Gasteiger partial charge in [-0.2, -0.15) is 10.2 Å². The molecule has 7 heteroatoms. The number of piperidine rings is 1. The Bertz CT molecular complexity index is 1370. The van der Waals surface area contributed by atoms with Gasteiger partial charge < -0.3 is 10.2 Å². The van der Waals surface area contributed by atoms with E-state index >= 15 is 0 Å². The van der Waals surface area contributed by atoms with Crippen molar-refractivity contribution < 1.29 is 4.79 Å². The van der Waals surface area contributed by atoms with Crippen LogP contribution < -0.4 is 10.2 Å². The summed E-state index contributed by atoms with van der Waals surface area (Å²) in [5.74, 6) is 0.762. The first kappa shape index (κ1) is 23.0. The molecule has 1 aliphatic rings.